The van der Waals surface area contributed by atoms with Gasteiger partial charge < -0.3 is 14.6 Å². The van der Waals surface area contributed by atoms with E-state index in [1.54, 1.807) is 0 Å². The van der Waals surface area contributed by atoms with Gasteiger partial charge in [-0.05, 0) is 37.5 Å². The van der Waals surface area contributed by atoms with Gasteiger partial charge >= 0.3 is 10.2 Å². The summed E-state index contributed by atoms with van der Waals surface area (Å²) in [6.07, 6.45) is -0.252. The van der Waals surface area contributed by atoms with Gasteiger partial charge in [0.25, 0.3) is 0 Å². The number of amides is 1. The molecule has 142 valence electrons. The number of nitrogens with zero attached hydrogens (tertiary/aromatic N) is 1. The van der Waals surface area contributed by atoms with E-state index in [2.05, 4.69) is 0 Å². The number of halogens is 1. The van der Waals surface area contributed by atoms with E-state index in [0.29, 0.717) is 26.1 Å². The highest BCUT2D eigenvalue weighted by Gasteiger charge is 2.54. The van der Waals surface area contributed by atoms with Crippen molar-refractivity contribution < 1.29 is 32.2 Å². The van der Waals surface area contributed by atoms with Gasteiger partial charge in [0, 0.05) is 0 Å². The first kappa shape index (κ1) is 17.6. The van der Waals surface area contributed by atoms with Crippen molar-refractivity contribution in [1.29, 1.82) is 0 Å². The zero-order valence-electron chi connectivity index (χ0n) is 13.7. The highest BCUT2D eigenvalue weighted by atomic mass is 32.2. The fraction of sp³-hybridized carbons (Fsp3) is 0.933. The largest absolute Gasteiger partial charge is 0.391 e. The van der Waals surface area contributed by atoms with Gasteiger partial charge in [-0.1, -0.05) is 0 Å². The Labute approximate surface area is 145 Å². The molecule has 4 aliphatic rings. The van der Waals surface area contributed by atoms with E-state index in [1.807, 2.05) is 4.72 Å². The molecule has 0 aromatic rings. The number of fused-ring (bicyclic) bond motifs is 1. The molecule has 2 saturated carbocycles. The van der Waals surface area contributed by atoms with E-state index in [-0.39, 0.29) is 24.0 Å². The van der Waals surface area contributed by atoms with Crippen LogP contribution in [-0.4, -0.2) is 74.0 Å². The fourth-order valence-corrected chi connectivity index (χ4v) is 5.93. The van der Waals surface area contributed by atoms with Crippen molar-refractivity contribution in [2.75, 3.05) is 19.8 Å². The number of rotatable bonds is 3. The number of ether oxygens (including phenoxy) is 2. The summed E-state index contributed by atoms with van der Waals surface area (Å²) in [5.41, 5.74) is 0. The molecule has 4 rings (SSSR count). The van der Waals surface area contributed by atoms with Gasteiger partial charge in [0.15, 0.2) is 0 Å². The molecule has 25 heavy (non-hydrogen) atoms. The number of aliphatic hydroxyl groups excluding tert-OH is 1. The third-order valence-corrected chi connectivity index (χ3v) is 7.33. The van der Waals surface area contributed by atoms with Crippen LogP contribution in [0.1, 0.15) is 25.7 Å². The first-order valence-electron chi connectivity index (χ1n) is 8.73. The van der Waals surface area contributed by atoms with Crippen LogP contribution in [0, 0.1) is 11.8 Å². The topological polar surface area (TPSA) is 105 Å². The molecular formula is C15H23FN2O6S. The lowest BCUT2D eigenvalue weighted by molar-refractivity contribution is -0.174. The number of carbonyl (C=O) groups excluding carboxylic acids is 1. The smallest absolute Gasteiger partial charge is 0.304 e. The molecular weight excluding hydrogens is 355 g/mol. The number of aliphatic hydroxyl groups is 1. The Bertz CT molecular complexity index is 642. The molecule has 0 aromatic carbocycles. The Kier molecular flexibility index (Phi) is 4.52. The number of alkyl halides is 1. The summed E-state index contributed by atoms with van der Waals surface area (Å²) in [5, 5.41) is 10.4. The molecule has 0 bridgehead atoms. The predicted octanol–water partition coefficient (Wildman–Crippen LogP) is -0.665. The number of hydrogen-bond donors (Lipinski definition) is 2. The zero-order valence-corrected chi connectivity index (χ0v) is 14.5. The standard InChI is InChI=1S/C15H23FN2O6S/c16-14-11-4-9(24-10-6-23-7-10)2-1-8(11)3-12(19)15(14)18-5-13(20)17-25(18,21)22/h8-12,14-15,19H,1-7H2,(H,17,20). The van der Waals surface area contributed by atoms with E-state index in [4.69, 9.17) is 9.47 Å². The molecule has 6 unspecified atom stereocenters. The van der Waals surface area contributed by atoms with Crippen molar-refractivity contribution in [3.63, 3.8) is 0 Å². The lowest BCUT2D eigenvalue weighted by Crippen LogP contribution is -2.59. The van der Waals surface area contributed by atoms with Crippen molar-refractivity contribution in [1.82, 2.24) is 9.03 Å². The van der Waals surface area contributed by atoms with Crippen LogP contribution < -0.4 is 4.72 Å². The molecule has 10 heteroatoms. The minimum absolute atomic E-state index is 0.00714. The van der Waals surface area contributed by atoms with Crippen LogP contribution in [0.15, 0.2) is 0 Å². The molecule has 2 saturated heterocycles. The van der Waals surface area contributed by atoms with E-state index < -0.39 is 41.0 Å². The van der Waals surface area contributed by atoms with Crippen LogP contribution in [0.25, 0.3) is 0 Å². The number of carbonyl (C=O) groups is 1. The maximum absolute atomic E-state index is 15.3. The minimum atomic E-state index is -4.08. The van der Waals surface area contributed by atoms with Gasteiger partial charge in [-0.15, -0.1) is 0 Å². The Balaban J connectivity index is 1.50. The third kappa shape index (κ3) is 3.18. The van der Waals surface area contributed by atoms with Crippen LogP contribution in [-0.2, 0) is 24.5 Å². The monoisotopic (exact) mass is 378 g/mol. The van der Waals surface area contributed by atoms with Gasteiger partial charge in [-0.2, -0.15) is 12.7 Å². The molecule has 0 aromatic heterocycles. The maximum atomic E-state index is 15.3. The number of nitrogens with one attached hydrogen (secondary N) is 1. The van der Waals surface area contributed by atoms with Crippen LogP contribution in [0.5, 0.6) is 0 Å². The molecule has 0 spiro atoms. The van der Waals surface area contributed by atoms with Crippen LogP contribution in [0.2, 0.25) is 0 Å². The summed E-state index contributed by atoms with van der Waals surface area (Å²) in [4.78, 5) is 11.5. The number of hydrogen-bond acceptors (Lipinski definition) is 6. The second kappa shape index (κ2) is 6.41. The second-order valence-electron chi connectivity index (χ2n) is 7.47. The normalized spacial score (nSPS) is 44.8. The van der Waals surface area contributed by atoms with Crippen molar-refractivity contribution >= 4 is 16.1 Å². The summed E-state index contributed by atoms with van der Waals surface area (Å²) < 4.78 is 53.0. The molecule has 4 fully saturated rings. The van der Waals surface area contributed by atoms with Crippen molar-refractivity contribution in [3.8, 4) is 0 Å². The summed E-state index contributed by atoms with van der Waals surface area (Å²) in [7, 11) is -4.08. The molecule has 2 N–H and O–H groups in total. The predicted molar refractivity (Wildman–Crippen MR) is 83.4 cm³/mol. The first-order chi connectivity index (χ1) is 11.8. The fourth-order valence-electron chi connectivity index (χ4n) is 4.59. The summed E-state index contributed by atoms with van der Waals surface area (Å²) >= 11 is 0. The van der Waals surface area contributed by atoms with Gasteiger partial charge in [-0.3, -0.25) is 4.79 Å². The summed E-state index contributed by atoms with van der Waals surface area (Å²) in [5.74, 6) is -1.07. The summed E-state index contributed by atoms with van der Waals surface area (Å²) in [6, 6.07) is -1.23. The van der Waals surface area contributed by atoms with Gasteiger partial charge in [0.1, 0.15) is 12.3 Å². The SMILES string of the molecule is O=C1CN(C2C(O)CC3CCC(OC4COC4)CC3C2F)S(=O)(=O)N1. The average molecular weight is 378 g/mol. The van der Waals surface area contributed by atoms with Gasteiger partial charge in [0.2, 0.25) is 5.91 Å². The molecule has 8 nitrogen and oxygen atoms in total. The maximum Gasteiger partial charge on any atom is 0.304 e. The highest BCUT2D eigenvalue weighted by Crippen LogP contribution is 2.45. The van der Waals surface area contributed by atoms with Crippen molar-refractivity contribution in [3.05, 3.63) is 0 Å². The lowest BCUT2D eigenvalue weighted by Gasteiger charge is -2.48. The highest BCUT2D eigenvalue weighted by molar-refractivity contribution is 7.88. The Hall–Kier alpha value is -0.810. The molecule has 0 radical (unpaired) electrons. The first-order valence-corrected chi connectivity index (χ1v) is 10.2. The molecule has 2 aliphatic carbocycles. The Morgan fingerprint density at radius 3 is 2.60 bits per heavy atom. The van der Waals surface area contributed by atoms with E-state index in [1.165, 1.54) is 0 Å². The average Bonchev–Trinajstić information content (AvgIpc) is 2.76. The molecule has 1 amide bonds. The van der Waals surface area contributed by atoms with E-state index in [0.717, 1.165) is 17.1 Å². The molecule has 2 heterocycles. The van der Waals surface area contributed by atoms with Crippen LogP contribution in [0.3, 0.4) is 0 Å². The lowest BCUT2D eigenvalue weighted by atomic mass is 9.66. The molecule has 6 atom stereocenters. The zero-order chi connectivity index (χ0) is 17.8. The van der Waals surface area contributed by atoms with Crippen LogP contribution in [0.4, 0.5) is 4.39 Å². The minimum Gasteiger partial charge on any atom is -0.391 e. The van der Waals surface area contributed by atoms with Crippen LogP contribution >= 0.6 is 0 Å². The van der Waals surface area contributed by atoms with E-state index >= 15 is 4.39 Å². The Morgan fingerprint density at radius 1 is 1.24 bits per heavy atom. The quantitative estimate of drug-likeness (QED) is 0.675. The van der Waals surface area contributed by atoms with E-state index in [9.17, 15) is 18.3 Å². The summed E-state index contributed by atoms with van der Waals surface area (Å²) in [6.45, 7) is 0.677. The van der Waals surface area contributed by atoms with Crippen molar-refractivity contribution in [2.45, 2.75) is 56.2 Å². The molecule has 2 aliphatic heterocycles. The second-order valence-corrected chi connectivity index (χ2v) is 9.09. The van der Waals surface area contributed by atoms with Crippen molar-refractivity contribution in [2.24, 2.45) is 11.8 Å². The Morgan fingerprint density at radius 2 is 2.00 bits per heavy atom. The third-order valence-electron chi connectivity index (χ3n) is 5.85. The van der Waals surface area contributed by atoms with Gasteiger partial charge in [0.05, 0.1) is 38.0 Å². The van der Waals surface area contributed by atoms with Gasteiger partial charge in [-0.25, -0.2) is 9.11 Å².